The number of fused-ring (bicyclic) bond motifs is 2. The molecule has 2 aliphatic rings. The summed E-state index contributed by atoms with van der Waals surface area (Å²) in [5.41, 5.74) is 3.36. The Morgan fingerprint density at radius 2 is 2.06 bits per heavy atom. The summed E-state index contributed by atoms with van der Waals surface area (Å²) in [5.74, 6) is 0. The normalized spacial score (nSPS) is 23.6. The molecule has 0 bridgehead atoms. The van der Waals surface area contributed by atoms with Gasteiger partial charge in [0.15, 0.2) is 0 Å². The molecule has 0 radical (unpaired) electrons. The molecule has 2 aliphatic heterocycles. The van der Waals surface area contributed by atoms with Crippen LogP contribution in [0.3, 0.4) is 0 Å². The minimum atomic E-state index is 0.307. The number of nitrogens with zero attached hydrogens (tertiary/aromatic N) is 1. The molecule has 0 aliphatic carbocycles. The van der Waals surface area contributed by atoms with E-state index >= 15 is 0 Å². The maximum absolute atomic E-state index is 3.57. The topological polar surface area (TPSA) is 15.3 Å². The molecule has 1 fully saturated rings. The van der Waals surface area contributed by atoms with Gasteiger partial charge in [-0.05, 0) is 56.2 Å². The summed E-state index contributed by atoms with van der Waals surface area (Å²) in [5, 5.41) is 3.46. The van der Waals surface area contributed by atoms with Crippen LogP contribution < -0.4 is 5.32 Å². The third-order valence-electron chi connectivity index (χ3n) is 4.14. The fourth-order valence-corrected chi connectivity index (χ4v) is 3.66. The molecular weight excluding hydrogens is 264 g/mol. The fourth-order valence-electron chi connectivity index (χ4n) is 3.25. The Hall–Kier alpha value is -0.380. The van der Waals surface area contributed by atoms with Crippen LogP contribution in [-0.4, -0.2) is 25.0 Å². The van der Waals surface area contributed by atoms with Gasteiger partial charge in [0, 0.05) is 16.6 Å². The summed E-state index contributed by atoms with van der Waals surface area (Å²) in [6, 6.07) is 6.78. The molecule has 0 atom stereocenters. The second-order valence-electron chi connectivity index (χ2n) is 4.94. The van der Waals surface area contributed by atoms with Crippen LogP contribution >= 0.6 is 15.9 Å². The van der Waals surface area contributed by atoms with Crippen LogP contribution in [0, 0.1) is 0 Å². The molecule has 1 aromatic carbocycles. The fraction of sp³-hybridized carbons (Fsp3) is 0.538. The van der Waals surface area contributed by atoms with Gasteiger partial charge in [-0.3, -0.25) is 4.90 Å². The molecule has 1 saturated heterocycles. The lowest BCUT2D eigenvalue weighted by molar-refractivity contribution is 0.0966. The molecule has 0 unspecified atom stereocenters. The van der Waals surface area contributed by atoms with E-state index in [4.69, 9.17) is 0 Å². The largest absolute Gasteiger partial charge is 0.317 e. The van der Waals surface area contributed by atoms with Gasteiger partial charge in [0.25, 0.3) is 0 Å². The van der Waals surface area contributed by atoms with Crippen molar-refractivity contribution in [1.82, 2.24) is 10.2 Å². The molecular formula is C13H17BrN2. The van der Waals surface area contributed by atoms with Crippen molar-refractivity contribution in [3.05, 3.63) is 33.8 Å². The van der Waals surface area contributed by atoms with Gasteiger partial charge in [-0.1, -0.05) is 22.0 Å². The van der Waals surface area contributed by atoms with Crippen LogP contribution in [0.15, 0.2) is 22.7 Å². The van der Waals surface area contributed by atoms with Crippen molar-refractivity contribution in [2.24, 2.45) is 0 Å². The molecule has 2 heterocycles. The van der Waals surface area contributed by atoms with Gasteiger partial charge in [0.2, 0.25) is 0 Å². The van der Waals surface area contributed by atoms with E-state index in [1.54, 1.807) is 5.56 Å². The van der Waals surface area contributed by atoms with Gasteiger partial charge < -0.3 is 5.32 Å². The van der Waals surface area contributed by atoms with Crippen molar-refractivity contribution in [3.63, 3.8) is 0 Å². The smallest absolute Gasteiger partial charge is 0.0488 e. The molecule has 86 valence electrons. The van der Waals surface area contributed by atoms with Gasteiger partial charge in [0.1, 0.15) is 0 Å². The number of hydrogen-bond acceptors (Lipinski definition) is 2. The van der Waals surface area contributed by atoms with Crippen LogP contribution in [0.25, 0.3) is 0 Å². The monoisotopic (exact) mass is 280 g/mol. The Morgan fingerprint density at radius 3 is 2.81 bits per heavy atom. The molecule has 0 amide bonds. The maximum atomic E-state index is 3.57. The Labute approximate surface area is 105 Å². The van der Waals surface area contributed by atoms with Crippen LogP contribution in [0.4, 0.5) is 0 Å². The minimum Gasteiger partial charge on any atom is -0.317 e. The van der Waals surface area contributed by atoms with Crippen LogP contribution in [0.5, 0.6) is 0 Å². The highest BCUT2D eigenvalue weighted by molar-refractivity contribution is 9.10. The van der Waals surface area contributed by atoms with Crippen molar-refractivity contribution in [3.8, 4) is 0 Å². The Balaban J connectivity index is 2.07. The molecule has 1 spiro atoms. The van der Waals surface area contributed by atoms with Crippen molar-refractivity contribution in [1.29, 1.82) is 0 Å². The quantitative estimate of drug-likeness (QED) is 0.786. The summed E-state index contributed by atoms with van der Waals surface area (Å²) in [4.78, 5) is 2.53. The first-order valence-corrected chi connectivity index (χ1v) is 6.72. The lowest BCUT2D eigenvalue weighted by Crippen LogP contribution is -2.46. The second-order valence-corrected chi connectivity index (χ2v) is 5.85. The Bertz CT molecular complexity index is 410. The van der Waals surface area contributed by atoms with E-state index in [-0.39, 0.29) is 0 Å². The van der Waals surface area contributed by atoms with Crippen LogP contribution in [0.1, 0.15) is 24.0 Å². The highest BCUT2D eigenvalue weighted by Gasteiger charge is 2.43. The summed E-state index contributed by atoms with van der Waals surface area (Å²) < 4.78 is 1.20. The van der Waals surface area contributed by atoms with Crippen molar-refractivity contribution < 1.29 is 0 Å². The first-order valence-electron chi connectivity index (χ1n) is 5.93. The zero-order valence-electron chi connectivity index (χ0n) is 9.59. The van der Waals surface area contributed by atoms with Crippen LogP contribution in [0.2, 0.25) is 0 Å². The first kappa shape index (κ1) is 10.8. The van der Waals surface area contributed by atoms with Crippen molar-refractivity contribution >= 4 is 15.9 Å². The highest BCUT2D eigenvalue weighted by Crippen LogP contribution is 2.44. The van der Waals surface area contributed by atoms with E-state index in [0.29, 0.717) is 5.54 Å². The molecule has 16 heavy (non-hydrogen) atoms. The molecule has 1 aromatic rings. The zero-order valence-corrected chi connectivity index (χ0v) is 11.2. The van der Waals surface area contributed by atoms with E-state index in [2.05, 4.69) is 51.4 Å². The Kier molecular flexibility index (Phi) is 2.57. The average Bonchev–Trinajstić information content (AvgIpc) is 2.53. The molecule has 1 N–H and O–H groups in total. The average molecular weight is 281 g/mol. The third kappa shape index (κ3) is 1.45. The van der Waals surface area contributed by atoms with Crippen molar-refractivity contribution in [2.45, 2.75) is 24.9 Å². The predicted molar refractivity (Wildman–Crippen MR) is 69.4 cm³/mol. The SMILES string of the molecule is CN1Cc2cc(Br)ccc2C12CCNCC2. The van der Waals surface area contributed by atoms with Crippen molar-refractivity contribution in [2.75, 3.05) is 20.1 Å². The molecule has 0 saturated carbocycles. The van der Waals surface area contributed by atoms with E-state index < -0.39 is 0 Å². The maximum Gasteiger partial charge on any atom is 0.0488 e. The van der Waals surface area contributed by atoms with E-state index in [0.717, 1.165) is 19.6 Å². The molecule has 0 aromatic heterocycles. The molecule has 3 heteroatoms. The van der Waals surface area contributed by atoms with Crippen LogP contribution in [-0.2, 0) is 12.1 Å². The summed E-state index contributed by atoms with van der Waals surface area (Å²) in [6.45, 7) is 3.37. The Morgan fingerprint density at radius 1 is 1.31 bits per heavy atom. The minimum absolute atomic E-state index is 0.307. The number of benzene rings is 1. The van der Waals surface area contributed by atoms with Gasteiger partial charge in [0.05, 0.1) is 0 Å². The summed E-state index contributed by atoms with van der Waals surface area (Å²) in [7, 11) is 2.26. The predicted octanol–water partition coefficient (Wildman–Crippen LogP) is 2.47. The molecule has 3 rings (SSSR count). The zero-order chi connectivity index (χ0) is 11.2. The highest BCUT2D eigenvalue weighted by atomic mass is 79.9. The first-order chi connectivity index (χ1) is 7.72. The van der Waals surface area contributed by atoms with Gasteiger partial charge in [-0.15, -0.1) is 0 Å². The lowest BCUT2D eigenvalue weighted by Gasteiger charge is -2.40. The number of piperidine rings is 1. The van der Waals surface area contributed by atoms with Gasteiger partial charge in [-0.2, -0.15) is 0 Å². The van der Waals surface area contributed by atoms with Gasteiger partial charge in [-0.25, -0.2) is 0 Å². The van der Waals surface area contributed by atoms with Gasteiger partial charge >= 0.3 is 0 Å². The van der Waals surface area contributed by atoms with E-state index in [1.807, 2.05) is 0 Å². The third-order valence-corrected chi connectivity index (χ3v) is 4.63. The van der Waals surface area contributed by atoms with E-state index in [9.17, 15) is 0 Å². The summed E-state index contributed by atoms with van der Waals surface area (Å²) in [6.07, 6.45) is 2.47. The number of halogens is 1. The number of rotatable bonds is 0. The molecule has 2 nitrogen and oxygen atoms in total. The standard InChI is InChI=1S/C13H17BrN2/c1-16-9-10-8-11(14)2-3-12(10)13(16)4-6-15-7-5-13/h2-3,8,15H,4-7,9H2,1H3. The van der Waals surface area contributed by atoms with E-state index in [1.165, 1.54) is 22.9 Å². The number of hydrogen-bond donors (Lipinski definition) is 1. The lowest BCUT2D eigenvalue weighted by atomic mass is 9.81. The number of nitrogens with one attached hydrogen (secondary N) is 1. The summed E-state index contributed by atoms with van der Waals surface area (Å²) >= 11 is 3.57. The second kappa shape index (κ2) is 3.83.